The second-order valence-corrected chi connectivity index (χ2v) is 26.2. The Bertz CT molecular complexity index is 3630. The van der Waals surface area contributed by atoms with E-state index in [1.165, 1.54) is 125 Å². The number of rotatable bonds is 3. The molecule has 368 valence electrons. The van der Waals surface area contributed by atoms with Gasteiger partial charge in [-0.05, 0) is 164 Å². The summed E-state index contributed by atoms with van der Waals surface area (Å²) in [6, 6.07) is 67.5. The Morgan fingerprint density at radius 2 is 1.05 bits per heavy atom. The molecule has 0 radical (unpaired) electrons. The fraction of sp³-hybridized carbons (Fsp3) is 0.314. The molecule has 74 heavy (non-hydrogen) atoms. The molecular weight excluding hydrogens is 894 g/mol. The highest BCUT2D eigenvalue weighted by Gasteiger charge is 2.61. The number of benzene rings is 8. The molecule has 3 nitrogen and oxygen atoms in total. The molecule has 3 unspecified atom stereocenters. The van der Waals surface area contributed by atoms with E-state index < -0.39 is 0 Å². The first-order valence-corrected chi connectivity index (χ1v) is 27.8. The van der Waals surface area contributed by atoms with Gasteiger partial charge in [0.25, 0.3) is 6.71 Å². The first-order valence-electron chi connectivity index (χ1n) is 27.8. The number of hydrogen-bond acceptors (Lipinski definition) is 3. The van der Waals surface area contributed by atoms with Crippen LogP contribution in [0.5, 0.6) is 0 Å². The van der Waals surface area contributed by atoms with Crippen LogP contribution in [-0.4, -0.2) is 12.3 Å². The van der Waals surface area contributed by atoms with E-state index in [1.807, 2.05) is 0 Å². The number of hydrogen-bond donors (Lipinski definition) is 0. The van der Waals surface area contributed by atoms with Crippen molar-refractivity contribution in [1.82, 2.24) is 0 Å². The molecule has 4 heteroatoms. The summed E-state index contributed by atoms with van der Waals surface area (Å²) >= 11 is 0. The molecule has 4 heterocycles. The lowest BCUT2D eigenvalue weighted by molar-refractivity contribution is 0.215. The topological polar surface area (TPSA) is 9.72 Å². The molecule has 1 fully saturated rings. The van der Waals surface area contributed by atoms with Crippen LogP contribution in [0.1, 0.15) is 147 Å². The number of fused-ring (bicyclic) bond motifs is 12. The summed E-state index contributed by atoms with van der Waals surface area (Å²) in [7, 11) is 0. The van der Waals surface area contributed by atoms with Crippen molar-refractivity contribution in [3.05, 3.63) is 209 Å². The zero-order chi connectivity index (χ0) is 50.9. The van der Waals surface area contributed by atoms with Crippen molar-refractivity contribution in [3.63, 3.8) is 0 Å². The van der Waals surface area contributed by atoms with E-state index in [-0.39, 0.29) is 39.3 Å². The van der Waals surface area contributed by atoms with Crippen LogP contribution in [0.3, 0.4) is 0 Å². The lowest BCUT2D eigenvalue weighted by atomic mass is 9.33. The van der Waals surface area contributed by atoms with Gasteiger partial charge in [0.2, 0.25) is 0 Å². The Balaban J connectivity index is 1.12. The first-order chi connectivity index (χ1) is 35.4. The normalized spacial score (nSPS) is 22.6. The van der Waals surface area contributed by atoms with Gasteiger partial charge in [0.1, 0.15) is 0 Å². The minimum Gasteiger partial charge on any atom is -0.334 e. The highest BCUT2D eigenvalue weighted by atomic mass is 15.3. The van der Waals surface area contributed by atoms with Crippen molar-refractivity contribution < 1.29 is 0 Å². The third kappa shape index (κ3) is 6.09. The molecule has 8 aromatic carbocycles. The maximum atomic E-state index is 2.84. The smallest absolute Gasteiger partial charge is 0.252 e. The Labute approximate surface area is 441 Å². The number of para-hydroxylation sites is 3. The summed E-state index contributed by atoms with van der Waals surface area (Å²) in [5.41, 5.74) is 26.3. The highest BCUT2D eigenvalue weighted by molar-refractivity contribution is 7.00. The number of anilines is 8. The van der Waals surface area contributed by atoms with Gasteiger partial charge in [0.05, 0.1) is 11.2 Å². The van der Waals surface area contributed by atoms with Gasteiger partial charge in [-0.2, -0.15) is 0 Å². The maximum absolute atomic E-state index is 2.84. The largest absolute Gasteiger partial charge is 0.334 e. The van der Waals surface area contributed by atoms with Crippen LogP contribution in [0.4, 0.5) is 45.5 Å². The maximum Gasteiger partial charge on any atom is 0.252 e. The van der Waals surface area contributed by atoms with Crippen molar-refractivity contribution in [1.29, 1.82) is 0 Å². The van der Waals surface area contributed by atoms with E-state index in [4.69, 9.17) is 0 Å². The van der Waals surface area contributed by atoms with Crippen LogP contribution >= 0.6 is 0 Å². The Morgan fingerprint density at radius 1 is 0.419 bits per heavy atom. The Hall–Kier alpha value is -6.78. The predicted octanol–water partition coefficient (Wildman–Crippen LogP) is 16.5. The molecule has 0 aromatic heterocycles. The fourth-order valence-electron chi connectivity index (χ4n) is 15.6. The minimum atomic E-state index is -0.256. The third-order valence-corrected chi connectivity index (χ3v) is 19.6. The summed E-state index contributed by atoms with van der Waals surface area (Å²) in [6.07, 6.45) is 6.80. The zero-order valence-corrected chi connectivity index (χ0v) is 45.3. The molecule has 0 spiro atoms. The van der Waals surface area contributed by atoms with Gasteiger partial charge in [-0.1, -0.05) is 190 Å². The molecular formula is C70H70BN3. The van der Waals surface area contributed by atoms with Crippen molar-refractivity contribution in [2.75, 3.05) is 14.7 Å². The molecule has 0 saturated heterocycles. The summed E-state index contributed by atoms with van der Waals surface area (Å²) in [6.45, 7) is 24.3. The van der Waals surface area contributed by atoms with Crippen molar-refractivity contribution in [2.24, 2.45) is 0 Å². The summed E-state index contributed by atoms with van der Waals surface area (Å²) in [5.74, 6) is 0. The van der Waals surface area contributed by atoms with Gasteiger partial charge < -0.3 is 14.7 Å². The second kappa shape index (κ2) is 15.4. The van der Waals surface area contributed by atoms with Gasteiger partial charge >= 0.3 is 0 Å². The quantitative estimate of drug-likeness (QED) is 0.163. The molecule has 8 aromatic rings. The van der Waals surface area contributed by atoms with Crippen LogP contribution in [0.25, 0.3) is 11.1 Å². The lowest BCUT2D eigenvalue weighted by Gasteiger charge is -2.53. The standard InChI is InChI=1S/C70H70BN3/c1-65(2,3)45-30-32-46(33-31-45)70-37-21-20-36-69(70,10)74(59-28-18-16-26-53(59)70)49-41-62-64-63(42-49)73-58-35-34-47(66(4,5)6)40-51(58)50-24-14-15-25-52(50)68(9)39-38-67(7,8)54-43-57(61(73)44-55(54)68)71(64)56-27-17-19-29-60(56)72(62)48-22-12-11-13-23-48/h11-19,22-35,40-44H,20-21,36-39H2,1-10H3. The van der Waals surface area contributed by atoms with Gasteiger partial charge in [-0.15, -0.1) is 0 Å². The van der Waals surface area contributed by atoms with E-state index >= 15 is 0 Å². The van der Waals surface area contributed by atoms with Crippen molar-refractivity contribution in [2.45, 2.75) is 140 Å². The monoisotopic (exact) mass is 964 g/mol. The van der Waals surface area contributed by atoms with Gasteiger partial charge in [-0.3, -0.25) is 0 Å². The molecule has 4 aliphatic heterocycles. The molecule has 2 bridgehead atoms. The molecule has 1 saturated carbocycles. The van der Waals surface area contributed by atoms with Gasteiger partial charge in [0.15, 0.2) is 0 Å². The van der Waals surface area contributed by atoms with E-state index in [0.29, 0.717) is 0 Å². The van der Waals surface area contributed by atoms with E-state index in [9.17, 15) is 0 Å². The van der Waals surface area contributed by atoms with E-state index in [2.05, 4.69) is 254 Å². The highest BCUT2D eigenvalue weighted by Crippen LogP contribution is 2.65. The number of nitrogens with zero attached hydrogens (tertiary/aromatic N) is 3. The van der Waals surface area contributed by atoms with Gasteiger partial charge in [0, 0.05) is 56.2 Å². The second-order valence-electron chi connectivity index (χ2n) is 26.2. The molecule has 2 aliphatic carbocycles. The van der Waals surface area contributed by atoms with Crippen LogP contribution in [0.2, 0.25) is 0 Å². The van der Waals surface area contributed by atoms with Crippen LogP contribution in [-0.2, 0) is 27.1 Å². The predicted molar refractivity (Wildman–Crippen MR) is 315 cm³/mol. The molecule has 6 aliphatic rings. The van der Waals surface area contributed by atoms with Crippen LogP contribution in [0.15, 0.2) is 170 Å². The average Bonchev–Trinajstić information content (AvgIpc) is 3.67. The van der Waals surface area contributed by atoms with Crippen LogP contribution < -0.4 is 31.1 Å². The average molecular weight is 964 g/mol. The lowest BCUT2D eigenvalue weighted by Crippen LogP contribution is -2.62. The summed E-state index contributed by atoms with van der Waals surface area (Å²) in [4.78, 5) is 8.20. The van der Waals surface area contributed by atoms with Crippen molar-refractivity contribution in [3.8, 4) is 11.1 Å². The minimum absolute atomic E-state index is 0.000666. The van der Waals surface area contributed by atoms with E-state index in [1.54, 1.807) is 0 Å². The van der Waals surface area contributed by atoms with Crippen molar-refractivity contribution >= 4 is 68.6 Å². The fourth-order valence-corrected chi connectivity index (χ4v) is 15.6. The van der Waals surface area contributed by atoms with Crippen LogP contribution in [0, 0.1) is 0 Å². The summed E-state index contributed by atoms with van der Waals surface area (Å²) in [5, 5.41) is 0. The molecule has 0 N–H and O–H groups in total. The molecule has 3 atom stereocenters. The van der Waals surface area contributed by atoms with Gasteiger partial charge in [-0.25, -0.2) is 0 Å². The van der Waals surface area contributed by atoms with E-state index in [0.717, 1.165) is 25.7 Å². The third-order valence-electron chi connectivity index (χ3n) is 19.6. The Kier molecular flexibility index (Phi) is 9.54. The first kappa shape index (κ1) is 45.8. The molecule has 0 amide bonds. The SMILES string of the molecule is CC(C)(C)c1ccc(C23CCCCC2(C)N(c2cc4c5c(c2)N2c6cc7c(cc6B5c5ccccc5N4c4ccccc4)C(C)(C)CCC7(C)c4ccccc4-c4cc(C(C)(C)C)ccc42)c2ccccc23)cc1. The zero-order valence-electron chi connectivity index (χ0n) is 45.3. The Morgan fingerprint density at radius 3 is 1.80 bits per heavy atom. The molecule has 14 rings (SSSR count). The summed E-state index contributed by atoms with van der Waals surface area (Å²) < 4.78 is 0.